The van der Waals surface area contributed by atoms with Crippen molar-refractivity contribution >= 4 is 39.6 Å². The largest absolute Gasteiger partial charge is 0.455 e. The number of hydrogen-bond donors (Lipinski definition) is 2. The number of aliphatic hydroxyl groups is 1. The number of nitrogens with zero attached hydrogens (tertiary/aromatic N) is 3. The van der Waals surface area contributed by atoms with E-state index in [1.54, 1.807) is 17.1 Å². The summed E-state index contributed by atoms with van der Waals surface area (Å²) in [5.74, 6) is -3.67. The molecule has 54 heavy (non-hydrogen) atoms. The zero-order valence-electron chi connectivity index (χ0n) is 30.6. The molecular weight excluding hydrogens is 756 g/mol. The maximum atomic E-state index is 15.0. The van der Waals surface area contributed by atoms with Crippen LogP contribution in [-0.4, -0.2) is 131 Å². The average Bonchev–Trinajstić information content (AvgIpc) is 3.80. The Morgan fingerprint density at radius 1 is 1.07 bits per heavy atom. The highest BCUT2D eigenvalue weighted by Crippen LogP contribution is 2.61. The number of carbonyl (C=O) groups excluding carboxylic acids is 4. The third kappa shape index (κ3) is 8.35. The number of likely N-dealkylation sites (tertiary alicyclic amines) is 1. The van der Waals surface area contributed by atoms with Gasteiger partial charge < -0.3 is 34.4 Å². The number of ether oxygens (including phenoxy) is 3. The van der Waals surface area contributed by atoms with Crippen molar-refractivity contribution in [3.63, 3.8) is 0 Å². The van der Waals surface area contributed by atoms with E-state index in [0.717, 1.165) is 18.7 Å². The van der Waals surface area contributed by atoms with E-state index in [-0.39, 0.29) is 36.2 Å². The lowest BCUT2D eigenvalue weighted by atomic mass is 9.70. The Bertz CT molecular complexity index is 1640. The van der Waals surface area contributed by atoms with Gasteiger partial charge in [-0.25, -0.2) is 0 Å². The lowest BCUT2D eigenvalue weighted by Crippen LogP contribution is -2.60. The Kier molecular flexibility index (Phi) is 13.4. The van der Waals surface area contributed by atoms with Crippen molar-refractivity contribution in [2.24, 2.45) is 11.8 Å². The second-order valence-corrected chi connectivity index (χ2v) is 15.6. The second kappa shape index (κ2) is 18.2. The highest BCUT2D eigenvalue weighted by atomic mass is 79.9. The molecule has 1 unspecified atom stereocenters. The number of morpholine rings is 1. The third-order valence-electron chi connectivity index (χ3n) is 11.1. The summed E-state index contributed by atoms with van der Waals surface area (Å²) in [4.78, 5) is 62.2. The molecule has 0 radical (unpaired) electrons. The van der Waals surface area contributed by atoms with E-state index in [4.69, 9.17) is 14.2 Å². The molecule has 290 valence electrons. The van der Waals surface area contributed by atoms with Gasteiger partial charge in [-0.2, -0.15) is 0 Å². The number of esters is 1. The fraction of sp³-hybridized carbons (Fsp3) is 0.512. The van der Waals surface area contributed by atoms with Gasteiger partial charge in [0.25, 0.3) is 0 Å². The average molecular weight is 808 g/mol. The first-order chi connectivity index (χ1) is 26.2. The number of amides is 3. The number of alkyl halides is 1. The van der Waals surface area contributed by atoms with Crippen LogP contribution in [0.4, 0.5) is 0 Å². The molecule has 8 atom stereocenters. The highest BCUT2D eigenvalue weighted by Gasteiger charge is 2.77. The monoisotopic (exact) mass is 806 g/mol. The summed E-state index contributed by atoms with van der Waals surface area (Å²) in [6, 6.07) is 16.8. The predicted octanol–water partition coefficient (Wildman–Crippen LogP) is 3.05. The zero-order valence-corrected chi connectivity index (χ0v) is 32.2. The summed E-state index contributed by atoms with van der Waals surface area (Å²) in [5.41, 5.74) is 0.209. The highest BCUT2D eigenvalue weighted by molar-refractivity contribution is 9.09. The Balaban J connectivity index is 1.33. The van der Waals surface area contributed by atoms with Gasteiger partial charge in [-0.05, 0) is 30.4 Å². The van der Waals surface area contributed by atoms with Gasteiger partial charge in [0.2, 0.25) is 17.7 Å². The second-order valence-electron chi connectivity index (χ2n) is 14.4. The molecule has 2 bridgehead atoms. The van der Waals surface area contributed by atoms with Crippen molar-refractivity contribution in [3.8, 4) is 0 Å². The zero-order chi connectivity index (χ0) is 38.2. The van der Waals surface area contributed by atoms with Crippen molar-refractivity contribution in [2.75, 3.05) is 59.1 Å². The van der Waals surface area contributed by atoms with Gasteiger partial charge in [0.1, 0.15) is 17.7 Å². The number of benzene rings is 2. The van der Waals surface area contributed by atoms with Gasteiger partial charge in [-0.1, -0.05) is 88.7 Å². The lowest BCUT2D eigenvalue weighted by Gasteiger charge is -2.40. The van der Waals surface area contributed by atoms with Crippen LogP contribution >= 0.6 is 15.9 Å². The molecule has 4 heterocycles. The van der Waals surface area contributed by atoms with E-state index >= 15 is 4.79 Å². The maximum absolute atomic E-state index is 15.0. The number of nitrogens with one attached hydrogen (secondary N) is 1. The smallest absolute Gasteiger partial charge is 0.313 e. The van der Waals surface area contributed by atoms with Crippen LogP contribution in [0.2, 0.25) is 0 Å². The predicted molar refractivity (Wildman–Crippen MR) is 205 cm³/mol. The third-order valence-corrected chi connectivity index (χ3v) is 11.9. The molecule has 4 aliphatic rings. The minimum absolute atomic E-state index is 0.0298. The summed E-state index contributed by atoms with van der Waals surface area (Å²) >= 11 is 3.76. The van der Waals surface area contributed by atoms with Crippen molar-refractivity contribution in [2.45, 2.75) is 60.4 Å². The van der Waals surface area contributed by atoms with Gasteiger partial charge in [-0.3, -0.25) is 24.1 Å². The van der Waals surface area contributed by atoms with Crippen LogP contribution in [0.1, 0.15) is 36.5 Å². The Hall–Kier alpha value is -3.88. The maximum Gasteiger partial charge on any atom is 0.313 e. The number of fused-ring (bicyclic) bond motifs is 1. The number of allylic oxidation sites excluding steroid dienone is 1. The number of aliphatic hydroxyl groups excluding tert-OH is 1. The van der Waals surface area contributed by atoms with E-state index in [2.05, 4.69) is 39.3 Å². The van der Waals surface area contributed by atoms with Gasteiger partial charge in [0, 0.05) is 44.0 Å². The van der Waals surface area contributed by atoms with E-state index in [0.29, 0.717) is 51.1 Å². The topological polar surface area (TPSA) is 138 Å². The van der Waals surface area contributed by atoms with Gasteiger partial charge in [-0.15, -0.1) is 13.2 Å². The van der Waals surface area contributed by atoms with E-state index in [9.17, 15) is 19.5 Å². The van der Waals surface area contributed by atoms with E-state index in [1.807, 2.05) is 60.7 Å². The molecule has 4 fully saturated rings. The molecule has 3 amide bonds. The molecule has 6 rings (SSSR count). The summed E-state index contributed by atoms with van der Waals surface area (Å²) in [6.07, 6.45) is 3.10. The van der Waals surface area contributed by atoms with Crippen LogP contribution in [0.25, 0.3) is 0 Å². The van der Waals surface area contributed by atoms with Crippen molar-refractivity contribution in [1.29, 1.82) is 0 Å². The normalized spacial score (nSPS) is 27.2. The van der Waals surface area contributed by atoms with Crippen molar-refractivity contribution in [3.05, 3.63) is 97.1 Å². The molecule has 2 N–H and O–H groups in total. The fourth-order valence-electron chi connectivity index (χ4n) is 8.50. The molecule has 4 aliphatic heterocycles. The van der Waals surface area contributed by atoms with Crippen LogP contribution in [-0.2, 0) is 39.8 Å². The first kappa shape index (κ1) is 39.8. The number of carbonyl (C=O) groups is 4. The van der Waals surface area contributed by atoms with Crippen LogP contribution in [0.5, 0.6) is 0 Å². The van der Waals surface area contributed by atoms with Crippen molar-refractivity contribution < 1.29 is 38.5 Å². The standard InChI is InChI=1S/C41H51BrN4O8/c1-3-5-16-33(48)43-26-32(29-14-10-7-11-15-29)53-40(51)34-35-38(49)46(30(27-47)24-28-12-8-6-9-13-28)37(41(35)25-31(42)36(34)54-41)39(50)45(17-4-2)19-18-44-20-22-52-23-21-44/h3-4,6-15,30-32,34-37,47H,1-2,5,16-27H2,(H,43,48)/t30-,31?,32+,34-,35+,36-,37-,41+/m1/s1. The Morgan fingerprint density at radius 3 is 2.44 bits per heavy atom. The van der Waals surface area contributed by atoms with Gasteiger partial charge >= 0.3 is 5.97 Å². The minimum atomic E-state index is -1.36. The van der Waals surface area contributed by atoms with E-state index < -0.39 is 60.2 Å². The SMILES string of the molecule is C=CCCC(=O)NC[C@H](OC(=O)[C@H]1[C@@H]2O[C@@]3(CC2Br)[C@@H]1C(=O)N([C@@H](CO)Cc1ccccc1)[C@@H]3C(=O)N(CC=C)CCN1CCOCC1)c1ccccc1. The molecular formula is C41H51BrN4O8. The molecule has 2 aromatic rings. The summed E-state index contributed by atoms with van der Waals surface area (Å²) in [5, 5.41) is 13.8. The molecule has 0 aliphatic carbocycles. The van der Waals surface area contributed by atoms with Gasteiger partial charge in [0.05, 0.1) is 50.3 Å². The molecule has 12 nitrogen and oxygen atoms in total. The summed E-state index contributed by atoms with van der Waals surface area (Å²) in [6.45, 7) is 11.2. The Labute approximate surface area is 325 Å². The molecule has 0 aromatic heterocycles. The van der Waals surface area contributed by atoms with Crippen LogP contribution < -0.4 is 5.32 Å². The van der Waals surface area contributed by atoms with Crippen LogP contribution in [0, 0.1) is 11.8 Å². The molecule has 0 saturated carbocycles. The summed E-state index contributed by atoms with van der Waals surface area (Å²) < 4.78 is 18.5. The van der Waals surface area contributed by atoms with Crippen LogP contribution in [0.3, 0.4) is 0 Å². The summed E-state index contributed by atoms with van der Waals surface area (Å²) in [7, 11) is 0. The number of rotatable bonds is 18. The van der Waals surface area contributed by atoms with E-state index in [1.165, 1.54) is 4.90 Å². The first-order valence-corrected chi connectivity index (χ1v) is 19.8. The molecule has 2 aromatic carbocycles. The molecule has 1 spiro atoms. The minimum Gasteiger partial charge on any atom is -0.455 e. The fourth-order valence-corrected chi connectivity index (χ4v) is 9.44. The van der Waals surface area contributed by atoms with Gasteiger partial charge in [0.15, 0.2) is 0 Å². The number of halogens is 1. The molecule has 4 saturated heterocycles. The quantitative estimate of drug-likeness (QED) is 0.132. The first-order valence-electron chi connectivity index (χ1n) is 18.8. The number of hydrogen-bond acceptors (Lipinski definition) is 9. The van der Waals surface area contributed by atoms with Crippen molar-refractivity contribution in [1.82, 2.24) is 20.0 Å². The Morgan fingerprint density at radius 2 is 1.78 bits per heavy atom. The lowest BCUT2D eigenvalue weighted by molar-refractivity contribution is -0.161. The molecule has 13 heteroatoms. The van der Waals surface area contributed by atoms with Crippen LogP contribution in [0.15, 0.2) is 86.0 Å².